The Balaban J connectivity index is 1.84. The second-order valence-corrected chi connectivity index (χ2v) is 16.9. The van der Waals surface area contributed by atoms with Crippen LogP contribution in [0, 0.1) is 11.8 Å². The zero-order chi connectivity index (χ0) is 21.7. The van der Waals surface area contributed by atoms with Gasteiger partial charge in [-0.25, -0.2) is 8.42 Å². The summed E-state index contributed by atoms with van der Waals surface area (Å²) in [6, 6.07) is 17.8. The molecule has 1 aliphatic rings. The smallest absolute Gasteiger partial charge is 0.183 e. The monoisotopic (exact) mass is 438 g/mol. The second-order valence-electron chi connectivity index (χ2n) is 9.51. The summed E-state index contributed by atoms with van der Waals surface area (Å²) in [5, 5.41) is 1.07. The van der Waals surface area contributed by atoms with Gasteiger partial charge in [0.15, 0.2) is 9.84 Å². The number of rotatable bonds is 6. The van der Waals surface area contributed by atoms with Crippen molar-refractivity contribution >= 4 is 23.1 Å². The molecule has 0 spiro atoms. The first-order chi connectivity index (χ1) is 14.3. The van der Waals surface area contributed by atoms with E-state index in [4.69, 9.17) is 0 Å². The summed E-state index contributed by atoms with van der Waals surface area (Å²) in [7, 11) is -5.16. The van der Waals surface area contributed by atoms with E-state index in [1.165, 1.54) is 0 Å². The molecule has 0 aliphatic heterocycles. The summed E-state index contributed by atoms with van der Waals surface area (Å²) in [6.45, 7) is 6.69. The number of sulfone groups is 1. The predicted octanol–water partition coefficient (Wildman–Crippen LogP) is 5.93. The van der Waals surface area contributed by atoms with E-state index in [0.29, 0.717) is 11.3 Å². The minimum atomic E-state index is -3.39. The molecule has 0 bridgehead atoms. The van der Waals surface area contributed by atoms with Crippen LogP contribution in [-0.4, -0.2) is 21.2 Å². The molecule has 0 amide bonds. The largest absolute Gasteiger partial charge is 0.223 e. The zero-order valence-electron chi connectivity index (χ0n) is 18.6. The van der Waals surface area contributed by atoms with Crippen molar-refractivity contribution in [3.8, 4) is 11.8 Å². The Bertz CT molecular complexity index is 1000. The van der Waals surface area contributed by atoms with Gasteiger partial charge in [-0.05, 0) is 49.1 Å². The van der Waals surface area contributed by atoms with Crippen molar-refractivity contribution in [2.24, 2.45) is 0 Å². The highest BCUT2D eigenvalue weighted by Crippen LogP contribution is 2.42. The molecular weight excluding hydrogens is 404 g/mol. The van der Waals surface area contributed by atoms with Crippen LogP contribution in [0.5, 0.6) is 0 Å². The third kappa shape index (κ3) is 5.07. The van der Waals surface area contributed by atoms with Crippen LogP contribution in [-0.2, 0) is 9.84 Å². The van der Waals surface area contributed by atoms with Gasteiger partial charge in [0, 0.05) is 12.0 Å². The molecule has 1 saturated carbocycles. The number of hydrogen-bond donors (Lipinski definition) is 0. The molecule has 160 valence electrons. The molecule has 2 aromatic carbocycles. The molecule has 30 heavy (non-hydrogen) atoms. The lowest BCUT2D eigenvalue weighted by Crippen LogP contribution is -2.47. The predicted molar refractivity (Wildman–Crippen MR) is 130 cm³/mol. The molecule has 0 aromatic heterocycles. The number of unbranched alkanes of at least 4 members (excludes halogenated alkanes) is 1. The maximum Gasteiger partial charge on any atom is 0.183 e. The van der Waals surface area contributed by atoms with Crippen LogP contribution in [0.15, 0.2) is 59.5 Å². The van der Waals surface area contributed by atoms with E-state index in [9.17, 15) is 8.42 Å². The van der Waals surface area contributed by atoms with E-state index < -0.39 is 22.7 Å². The van der Waals surface area contributed by atoms with Crippen molar-refractivity contribution in [3.63, 3.8) is 0 Å². The van der Waals surface area contributed by atoms with Gasteiger partial charge in [0.1, 0.15) is 0 Å². The van der Waals surface area contributed by atoms with E-state index in [-0.39, 0.29) is 0 Å². The molecule has 0 heterocycles. The summed E-state index contributed by atoms with van der Waals surface area (Å²) in [5.41, 5.74) is 1.02. The van der Waals surface area contributed by atoms with Crippen molar-refractivity contribution in [1.82, 2.24) is 0 Å². The molecule has 1 aliphatic carbocycles. The highest BCUT2D eigenvalue weighted by atomic mass is 32.2. The molecule has 0 N–H and O–H groups in total. The topological polar surface area (TPSA) is 34.1 Å². The van der Waals surface area contributed by atoms with Crippen LogP contribution in [0.25, 0.3) is 0 Å². The van der Waals surface area contributed by atoms with E-state index in [1.54, 1.807) is 0 Å². The maximum absolute atomic E-state index is 14.0. The molecule has 2 nitrogen and oxygen atoms in total. The summed E-state index contributed by atoms with van der Waals surface area (Å²) >= 11 is 0. The Labute approximate surface area is 184 Å². The van der Waals surface area contributed by atoms with Crippen LogP contribution in [0.1, 0.15) is 56.9 Å². The molecule has 0 saturated heterocycles. The highest BCUT2D eigenvalue weighted by molar-refractivity contribution is 7.93. The Kier molecular flexibility index (Phi) is 7.26. The minimum Gasteiger partial charge on any atom is -0.223 e. The Morgan fingerprint density at radius 2 is 1.53 bits per heavy atom. The third-order valence-electron chi connectivity index (χ3n) is 6.26. The quantitative estimate of drug-likeness (QED) is 0.318. The Morgan fingerprint density at radius 3 is 2.20 bits per heavy atom. The van der Waals surface area contributed by atoms with E-state index in [2.05, 4.69) is 31.5 Å². The normalized spacial score (nSPS) is 16.5. The SMILES string of the molecule is C[Si](C)(C)c1ccccc1S(=O)(=O)C1(CCCC#Cc2ccccc2)CCCCC1. The molecule has 0 unspecified atom stereocenters. The van der Waals surface area contributed by atoms with Gasteiger partial charge in [0.2, 0.25) is 0 Å². The molecular formula is C26H34O2SSi. The Hall–Kier alpha value is -1.83. The van der Waals surface area contributed by atoms with E-state index >= 15 is 0 Å². The lowest BCUT2D eigenvalue weighted by molar-refractivity contribution is 0.349. The fraction of sp³-hybridized carbons (Fsp3) is 0.462. The van der Waals surface area contributed by atoms with Crippen molar-refractivity contribution in [2.75, 3.05) is 0 Å². The fourth-order valence-electron chi connectivity index (χ4n) is 4.59. The van der Waals surface area contributed by atoms with Crippen LogP contribution in [0.2, 0.25) is 19.6 Å². The summed E-state index contributed by atoms with van der Waals surface area (Å²) < 4.78 is 27.5. The first kappa shape index (κ1) is 22.8. The van der Waals surface area contributed by atoms with Crippen LogP contribution in [0.4, 0.5) is 0 Å². The molecule has 3 rings (SSSR count). The summed E-state index contributed by atoms with van der Waals surface area (Å²) in [6.07, 6.45) is 6.98. The van der Waals surface area contributed by atoms with Crippen molar-refractivity contribution in [2.45, 2.75) is 80.7 Å². The van der Waals surface area contributed by atoms with Crippen LogP contribution >= 0.6 is 0 Å². The van der Waals surface area contributed by atoms with Gasteiger partial charge in [0.25, 0.3) is 0 Å². The highest BCUT2D eigenvalue weighted by Gasteiger charge is 2.46. The first-order valence-electron chi connectivity index (χ1n) is 11.1. The molecule has 0 atom stereocenters. The van der Waals surface area contributed by atoms with Crippen molar-refractivity contribution in [3.05, 3.63) is 60.2 Å². The minimum absolute atomic E-state index is 0.599. The van der Waals surface area contributed by atoms with Crippen molar-refractivity contribution in [1.29, 1.82) is 0 Å². The zero-order valence-corrected chi connectivity index (χ0v) is 20.4. The van der Waals surface area contributed by atoms with Gasteiger partial charge in [-0.2, -0.15) is 0 Å². The number of hydrogen-bond acceptors (Lipinski definition) is 2. The summed E-state index contributed by atoms with van der Waals surface area (Å²) in [4.78, 5) is 0.599. The summed E-state index contributed by atoms with van der Waals surface area (Å²) in [5.74, 6) is 6.45. The average molecular weight is 439 g/mol. The van der Waals surface area contributed by atoms with Crippen molar-refractivity contribution < 1.29 is 8.42 Å². The van der Waals surface area contributed by atoms with Gasteiger partial charge < -0.3 is 0 Å². The second kappa shape index (κ2) is 9.54. The molecule has 4 heteroatoms. The Morgan fingerprint density at radius 1 is 0.900 bits per heavy atom. The third-order valence-corrected chi connectivity index (χ3v) is 11.2. The van der Waals surface area contributed by atoms with Gasteiger partial charge in [0.05, 0.1) is 17.7 Å². The molecule has 1 fully saturated rings. The van der Waals surface area contributed by atoms with Gasteiger partial charge in [-0.1, -0.05) is 87.1 Å². The first-order valence-corrected chi connectivity index (χ1v) is 16.1. The lowest BCUT2D eigenvalue weighted by Gasteiger charge is -2.38. The van der Waals surface area contributed by atoms with E-state index in [0.717, 1.165) is 55.7 Å². The molecule has 2 aromatic rings. The van der Waals surface area contributed by atoms with Crippen LogP contribution < -0.4 is 5.19 Å². The van der Waals surface area contributed by atoms with E-state index in [1.807, 2.05) is 54.6 Å². The average Bonchev–Trinajstić information content (AvgIpc) is 2.74. The van der Waals surface area contributed by atoms with Crippen LogP contribution in [0.3, 0.4) is 0 Å². The maximum atomic E-state index is 14.0. The lowest BCUT2D eigenvalue weighted by atomic mass is 9.84. The fourth-order valence-corrected chi connectivity index (χ4v) is 9.65. The standard InChI is InChI=1S/C26H34O2SSi/c1-30(2,3)25-19-11-10-18-24(25)29(27,28)26(21-13-6-14-22-26)20-12-5-9-17-23-15-7-4-8-16-23/h4,7-8,10-11,15-16,18-19H,5-6,12-14,20-22H2,1-3H3. The van der Waals surface area contributed by atoms with Gasteiger partial charge in [-0.15, -0.1) is 0 Å². The molecule has 0 radical (unpaired) electrons. The number of benzene rings is 2. The van der Waals surface area contributed by atoms with Gasteiger partial charge in [-0.3, -0.25) is 0 Å². The van der Waals surface area contributed by atoms with Gasteiger partial charge >= 0.3 is 0 Å².